The van der Waals surface area contributed by atoms with Gasteiger partial charge in [-0.25, -0.2) is 0 Å². The van der Waals surface area contributed by atoms with Crippen molar-refractivity contribution in [2.24, 2.45) is 12.8 Å². The summed E-state index contributed by atoms with van der Waals surface area (Å²) >= 11 is 0. The van der Waals surface area contributed by atoms with E-state index in [1.165, 1.54) is 19.3 Å². The first-order valence-corrected chi connectivity index (χ1v) is 8.71. The molecule has 1 aliphatic carbocycles. The van der Waals surface area contributed by atoms with Crippen LogP contribution < -0.4 is 16.4 Å². The van der Waals surface area contributed by atoms with Gasteiger partial charge in [0.1, 0.15) is 5.82 Å². The Hall–Kier alpha value is -2.67. The summed E-state index contributed by atoms with van der Waals surface area (Å²) in [6.07, 6.45) is 5.46. The maximum atomic E-state index is 6.26. The predicted octanol–water partition coefficient (Wildman–Crippen LogP) is 2.44. The molecule has 0 aliphatic heterocycles. The van der Waals surface area contributed by atoms with E-state index in [4.69, 9.17) is 5.73 Å². The summed E-state index contributed by atoms with van der Waals surface area (Å²) in [4.78, 5) is 9.25. The van der Waals surface area contributed by atoms with Crippen molar-refractivity contribution in [3.8, 4) is 0 Å². The summed E-state index contributed by atoms with van der Waals surface area (Å²) in [7, 11) is 1.89. The fourth-order valence-electron chi connectivity index (χ4n) is 2.98. The first-order valence-electron chi connectivity index (χ1n) is 8.71. The maximum absolute atomic E-state index is 6.26. The van der Waals surface area contributed by atoms with E-state index in [1.807, 2.05) is 43.6 Å². The molecule has 1 atom stereocenters. The van der Waals surface area contributed by atoms with Gasteiger partial charge in [0.05, 0.1) is 11.6 Å². The molecule has 7 nitrogen and oxygen atoms in total. The van der Waals surface area contributed by atoms with E-state index >= 15 is 0 Å². The van der Waals surface area contributed by atoms with E-state index in [1.54, 1.807) is 4.68 Å². The largest absolute Gasteiger partial charge is 0.367 e. The minimum Gasteiger partial charge on any atom is -0.367 e. The zero-order valence-corrected chi connectivity index (χ0v) is 14.3. The molecular weight excluding hydrogens is 314 g/mol. The first kappa shape index (κ1) is 15.8. The van der Waals surface area contributed by atoms with Crippen molar-refractivity contribution in [1.29, 1.82) is 0 Å². The van der Waals surface area contributed by atoms with Gasteiger partial charge in [-0.15, -0.1) is 0 Å². The molecule has 0 bridgehead atoms. The van der Waals surface area contributed by atoms with Crippen molar-refractivity contribution >= 4 is 22.8 Å². The summed E-state index contributed by atoms with van der Waals surface area (Å²) in [5.74, 6) is 1.42. The molecule has 4 rings (SSSR count). The average Bonchev–Trinajstić information content (AvgIpc) is 2.98. The third-order valence-corrected chi connectivity index (χ3v) is 4.75. The molecule has 2 heterocycles. The second kappa shape index (κ2) is 6.68. The molecular formula is C18H23N7. The third kappa shape index (κ3) is 3.28. The average molecular weight is 337 g/mol. The Balaban J connectivity index is 1.55. The second-order valence-corrected chi connectivity index (χ2v) is 6.57. The van der Waals surface area contributed by atoms with E-state index in [0.717, 1.165) is 22.4 Å². The fourth-order valence-corrected chi connectivity index (χ4v) is 2.98. The zero-order chi connectivity index (χ0) is 17.2. The molecule has 1 saturated carbocycles. The highest BCUT2D eigenvalue weighted by Crippen LogP contribution is 2.27. The lowest BCUT2D eigenvalue weighted by atomic mass is 9.93. The number of hydrogen-bond donors (Lipinski definition) is 3. The Labute approximate surface area is 146 Å². The summed E-state index contributed by atoms with van der Waals surface area (Å²) < 4.78 is 1.77. The molecule has 4 N–H and O–H groups in total. The van der Waals surface area contributed by atoms with Crippen molar-refractivity contribution in [2.75, 3.05) is 17.2 Å². The quantitative estimate of drug-likeness (QED) is 0.640. The van der Waals surface area contributed by atoms with Crippen LogP contribution in [-0.4, -0.2) is 32.3 Å². The topological polar surface area (TPSA) is 93.7 Å². The molecule has 0 spiro atoms. The van der Waals surface area contributed by atoms with E-state index in [0.29, 0.717) is 18.5 Å². The van der Waals surface area contributed by atoms with E-state index in [9.17, 15) is 0 Å². The van der Waals surface area contributed by atoms with E-state index < -0.39 is 0 Å². The molecule has 0 radical (unpaired) electrons. The summed E-state index contributed by atoms with van der Waals surface area (Å²) in [5, 5.41) is 12.1. The molecule has 1 aliphatic rings. The van der Waals surface area contributed by atoms with Crippen molar-refractivity contribution in [1.82, 2.24) is 19.7 Å². The smallest absolute Gasteiger partial charge is 0.226 e. The maximum Gasteiger partial charge on any atom is 0.226 e. The fraction of sp³-hybridized carbons (Fsp3) is 0.389. The molecule has 1 aromatic carbocycles. The van der Waals surface area contributed by atoms with E-state index in [2.05, 4.69) is 25.7 Å². The van der Waals surface area contributed by atoms with Crippen LogP contribution in [0.2, 0.25) is 0 Å². The molecule has 0 amide bonds. The lowest BCUT2D eigenvalue weighted by molar-refractivity contribution is 0.445. The molecule has 130 valence electrons. The first-order chi connectivity index (χ1) is 12.2. The number of nitrogens with one attached hydrogen (secondary N) is 2. The van der Waals surface area contributed by atoms with Crippen molar-refractivity contribution < 1.29 is 0 Å². The number of nitrogens with two attached hydrogens (primary N) is 1. The molecule has 7 heteroatoms. The number of fused-ring (bicyclic) bond motifs is 1. The number of aromatic nitrogens is 4. The monoisotopic (exact) mass is 337 g/mol. The van der Waals surface area contributed by atoms with Gasteiger partial charge < -0.3 is 16.4 Å². The normalized spacial score (nSPS) is 15.8. The summed E-state index contributed by atoms with van der Waals surface area (Å²) in [5.41, 5.74) is 8.16. The van der Waals surface area contributed by atoms with Crippen LogP contribution in [0, 0.1) is 0 Å². The minimum absolute atomic E-state index is 0.116. The van der Waals surface area contributed by atoms with E-state index in [-0.39, 0.29) is 6.04 Å². The van der Waals surface area contributed by atoms with Gasteiger partial charge in [0, 0.05) is 25.7 Å². The Bertz CT molecular complexity index is 854. The van der Waals surface area contributed by atoms with Gasteiger partial charge in [0.2, 0.25) is 5.95 Å². The van der Waals surface area contributed by atoms with Crippen molar-refractivity contribution in [3.05, 3.63) is 42.1 Å². The molecule has 3 aromatic rings. The van der Waals surface area contributed by atoms with Gasteiger partial charge in [0.15, 0.2) is 5.65 Å². The third-order valence-electron chi connectivity index (χ3n) is 4.75. The van der Waals surface area contributed by atoms with Crippen LogP contribution in [0.4, 0.5) is 11.8 Å². The van der Waals surface area contributed by atoms with Crippen LogP contribution in [0.25, 0.3) is 11.0 Å². The van der Waals surface area contributed by atoms with Crippen LogP contribution >= 0.6 is 0 Å². The SMILES string of the molecule is Cn1ncc2c(NC3CCC3)nc(NCC(N)c3ccccc3)nc21. The van der Waals surface area contributed by atoms with Gasteiger partial charge >= 0.3 is 0 Å². The van der Waals surface area contributed by atoms with Crippen LogP contribution in [0.3, 0.4) is 0 Å². The highest BCUT2D eigenvalue weighted by atomic mass is 15.3. The minimum atomic E-state index is -0.116. The van der Waals surface area contributed by atoms with Gasteiger partial charge in [0.25, 0.3) is 0 Å². The molecule has 1 fully saturated rings. The van der Waals surface area contributed by atoms with Crippen LogP contribution in [0.15, 0.2) is 36.5 Å². The van der Waals surface area contributed by atoms with Crippen molar-refractivity contribution in [2.45, 2.75) is 31.3 Å². The summed E-state index contributed by atoms with van der Waals surface area (Å²) in [6, 6.07) is 10.4. The van der Waals surface area contributed by atoms with Crippen LogP contribution in [-0.2, 0) is 7.05 Å². The van der Waals surface area contributed by atoms with Crippen molar-refractivity contribution in [3.63, 3.8) is 0 Å². The lowest BCUT2D eigenvalue weighted by Gasteiger charge is -2.27. The van der Waals surface area contributed by atoms with Gasteiger partial charge in [-0.3, -0.25) is 4.68 Å². The van der Waals surface area contributed by atoms with Crippen LogP contribution in [0.5, 0.6) is 0 Å². The molecule has 25 heavy (non-hydrogen) atoms. The Morgan fingerprint density at radius 2 is 2.04 bits per heavy atom. The number of benzene rings is 1. The van der Waals surface area contributed by atoms with Gasteiger partial charge in [-0.1, -0.05) is 30.3 Å². The number of nitrogens with zero attached hydrogens (tertiary/aromatic N) is 4. The van der Waals surface area contributed by atoms with Crippen LogP contribution in [0.1, 0.15) is 30.9 Å². The highest BCUT2D eigenvalue weighted by Gasteiger charge is 2.20. The number of rotatable bonds is 6. The van der Waals surface area contributed by atoms with Gasteiger partial charge in [-0.2, -0.15) is 15.1 Å². The predicted molar refractivity (Wildman–Crippen MR) is 99.4 cm³/mol. The standard InChI is InChI=1S/C18H23N7/c1-25-17-14(10-21-25)16(22-13-8-5-9-13)23-18(24-17)20-11-15(19)12-6-3-2-4-7-12/h2-4,6-7,10,13,15H,5,8-9,11,19H2,1H3,(H2,20,22,23,24). The number of aryl methyl sites for hydroxylation is 1. The van der Waals surface area contributed by atoms with Gasteiger partial charge in [-0.05, 0) is 24.8 Å². The molecule has 0 saturated heterocycles. The number of hydrogen-bond acceptors (Lipinski definition) is 6. The summed E-state index contributed by atoms with van der Waals surface area (Å²) in [6.45, 7) is 0.566. The molecule has 1 unspecified atom stereocenters. The Morgan fingerprint density at radius 3 is 2.76 bits per heavy atom. The Kier molecular flexibility index (Phi) is 4.23. The zero-order valence-electron chi connectivity index (χ0n) is 14.3. The lowest BCUT2D eigenvalue weighted by Crippen LogP contribution is -2.28. The molecule has 2 aromatic heterocycles. The Morgan fingerprint density at radius 1 is 1.24 bits per heavy atom. The highest BCUT2D eigenvalue weighted by molar-refractivity contribution is 5.87. The number of anilines is 2. The second-order valence-electron chi connectivity index (χ2n) is 6.57.